The predicted octanol–water partition coefficient (Wildman–Crippen LogP) is 2.46. The third-order valence-electron chi connectivity index (χ3n) is 3.92. The molecule has 0 atom stereocenters. The number of nitrogens with two attached hydrogens (primary N) is 1. The van der Waals surface area contributed by atoms with Crippen molar-refractivity contribution in [2.45, 2.75) is 24.7 Å². The Balaban J connectivity index is 1.93. The summed E-state index contributed by atoms with van der Waals surface area (Å²) >= 11 is 0. The van der Waals surface area contributed by atoms with E-state index in [1.54, 1.807) is 0 Å². The molecular formula is C14H17N3. The van der Waals surface area contributed by atoms with Crippen LogP contribution in [0.25, 0.3) is 11.3 Å². The second-order valence-corrected chi connectivity index (χ2v) is 4.87. The van der Waals surface area contributed by atoms with E-state index in [9.17, 15) is 0 Å². The number of H-pyrrole nitrogens is 1. The molecule has 0 amide bonds. The highest BCUT2D eigenvalue weighted by Gasteiger charge is 2.38. The zero-order valence-electron chi connectivity index (χ0n) is 9.82. The van der Waals surface area contributed by atoms with Gasteiger partial charge in [0.15, 0.2) is 0 Å². The smallest absolute Gasteiger partial charge is 0.0923 e. The molecule has 0 radical (unpaired) electrons. The van der Waals surface area contributed by atoms with E-state index in [2.05, 4.69) is 28.4 Å². The first kappa shape index (κ1) is 10.5. The Kier molecular flexibility index (Phi) is 2.48. The minimum atomic E-state index is 0.167. The minimum Gasteiger partial charge on any atom is -0.330 e. The number of rotatable bonds is 3. The van der Waals surface area contributed by atoms with Gasteiger partial charge in [-0.2, -0.15) is 5.10 Å². The molecule has 1 fully saturated rings. The van der Waals surface area contributed by atoms with Gasteiger partial charge in [-0.25, -0.2) is 0 Å². The molecule has 2 aromatic rings. The van der Waals surface area contributed by atoms with Gasteiger partial charge in [-0.1, -0.05) is 36.8 Å². The van der Waals surface area contributed by atoms with Crippen LogP contribution in [0.2, 0.25) is 0 Å². The standard InChI is InChI=1S/C14H17N3/c15-10-14(7-4-8-14)13-9-12(16-17-13)11-5-2-1-3-6-11/h1-3,5-6,9H,4,7-8,10,15H2,(H,16,17). The van der Waals surface area contributed by atoms with E-state index in [4.69, 9.17) is 5.73 Å². The Hall–Kier alpha value is -1.61. The van der Waals surface area contributed by atoms with Gasteiger partial charge in [-0.15, -0.1) is 0 Å². The van der Waals surface area contributed by atoms with Crippen molar-refractivity contribution in [2.24, 2.45) is 5.73 Å². The van der Waals surface area contributed by atoms with Crippen molar-refractivity contribution >= 4 is 0 Å². The van der Waals surface area contributed by atoms with E-state index in [0.29, 0.717) is 6.54 Å². The topological polar surface area (TPSA) is 54.7 Å². The zero-order valence-corrected chi connectivity index (χ0v) is 9.82. The van der Waals surface area contributed by atoms with Gasteiger partial charge in [-0.3, -0.25) is 5.10 Å². The molecule has 1 heterocycles. The number of hydrogen-bond donors (Lipinski definition) is 2. The highest BCUT2D eigenvalue weighted by atomic mass is 15.1. The first-order valence-corrected chi connectivity index (χ1v) is 6.15. The van der Waals surface area contributed by atoms with Crippen LogP contribution >= 0.6 is 0 Å². The number of nitrogens with one attached hydrogen (secondary N) is 1. The van der Waals surface area contributed by atoms with E-state index < -0.39 is 0 Å². The Labute approximate surface area is 101 Å². The van der Waals surface area contributed by atoms with Crippen molar-refractivity contribution in [2.75, 3.05) is 6.54 Å². The average molecular weight is 227 g/mol. The second-order valence-electron chi connectivity index (χ2n) is 4.87. The van der Waals surface area contributed by atoms with Crippen molar-refractivity contribution in [3.63, 3.8) is 0 Å². The van der Waals surface area contributed by atoms with Gasteiger partial charge < -0.3 is 5.73 Å². The number of aromatic nitrogens is 2. The first-order valence-electron chi connectivity index (χ1n) is 6.15. The summed E-state index contributed by atoms with van der Waals surface area (Å²) in [5, 5.41) is 7.57. The van der Waals surface area contributed by atoms with Gasteiger partial charge in [-0.05, 0) is 18.9 Å². The fourth-order valence-corrected chi connectivity index (χ4v) is 2.54. The van der Waals surface area contributed by atoms with E-state index in [1.165, 1.54) is 25.0 Å². The largest absolute Gasteiger partial charge is 0.330 e. The number of nitrogens with zero attached hydrogens (tertiary/aromatic N) is 1. The molecule has 0 unspecified atom stereocenters. The molecule has 3 heteroatoms. The molecule has 3 rings (SSSR count). The van der Waals surface area contributed by atoms with Crippen LogP contribution in [0.1, 0.15) is 25.0 Å². The Morgan fingerprint density at radius 1 is 1.24 bits per heavy atom. The first-order chi connectivity index (χ1) is 8.34. The average Bonchev–Trinajstić information content (AvgIpc) is 2.80. The maximum atomic E-state index is 5.90. The summed E-state index contributed by atoms with van der Waals surface area (Å²) in [4.78, 5) is 0. The van der Waals surface area contributed by atoms with Crippen LogP contribution in [0.3, 0.4) is 0 Å². The van der Waals surface area contributed by atoms with Crippen LogP contribution < -0.4 is 5.73 Å². The summed E-state index contributed by atoms with van der Waals surface area (Å²) in [7, 11) is 0. The van der Waals surface area contributed by atoms with Crippen LogP contribution in [-0.2, 0) is 5.41 Å². The third kappa shape index (κ3) is 1.67. The SMILES string of the molecule is NCC1(c2cc(-c3ccccc3)n[nH]2)CCC1. The molecule has 17 heavy (non-hydrogen) atoms. The molecule has 3 nitrogen and oxygen atoms in total. The Bertz CT molecular complexity index is 492. The molecule has 88 valence electrons. The van der Waals surface area contributed by atoms with Gasteiger partial charge in [0, 0.05) is 23.2 Å². The maximum Gasteiger partial charge on any atom is 0.0923 e. The summed E-state index contributed by atoms with van der Waals surface area (Å²) in [5.74, 6) is 0. The van der Waals surface area contributed by atoms with Crippen LogP contribution in [-0.4, -0.2) is 16.7 Å². The van der Waals surface area contributed by atoms with Crippen molar-refractivity contribution in [1.82, 2.24) is 10.2 Å². The number of hydrogen-bond acceptors (Lipinski definition) is 2. The molecule has 1 aromatic carbocycles. The molecule has 0 saturated heterocycles. The van der Waals surface area contributed by atoms with Gasteiger partial charge in [0.25, 0.3) is 0 Å². The van der Waals surface area contributed by atoms with Crippen molar-refractivity contribution in [3.8, 4) is 11.3 Å². The fourth-order valence-electron chi connectivity index (χ4n) is 2.54. The van der Waals surface area contributed by atoms with Crippen LogP contribution in [0.15, 0.2) is 36.4 Å². The summed E-state index contributed by atoms with van der Waals surface area (Å²) in [6, 6.07) is 12.4. The van der Waals surface area contributed by atoms with E-state index in [0.717, 1.165) is 11.3 Å². The molecule has 3 N–H and O–H groups in total. The van der Waals surface area contributed by atoms with Crippen LogP contribution in [0, 0.1) is 0 Å². The summed E-state index contributed by atoms with van der Waals surface area (Å²) < 4.78 is 0. The van der Waals surface area contributed by atoms with Gasteiger partial charge in [0.2, 0.25) is 0 Å². The van der Waals surface area contributed by atoms with Crippen molar-refractivity contribution < 1.29 is 0 Å². The van der Waals surface area contributed by atoms with Gasteiger partial charge in [0.05, 0.1) is 5.69 Å². The molecular weight excluding hydrogens is 210 g/mol. The fraction of sp³-hybridized carbons (Fsp3) is 0.357. The molecule has 0 aliphatic heterocycles. The molecule has 1 aliphatic rings. The zero-order chi connectivity index (χ0) is 11.7. The second kappa shape index (κ2) is 4.00. The predicted molar refractivity (Wildman–Crippen MR) is 68.6 cm³/mol. The monoisotopic (exact) mass is 227 g/mol. The van der Waals surface area contributed by atoms with Gasteiger partial charge >= 0.3 is 0 Å². The van der Waals surface area contributed by atoms with Crippen molar-refractivity contribution in [1.29, 1.82) is 0 Å². The van der Waals surface area contributed by atoms with E-state index in [-0.39, 0.29) is 5.41 Å². The molecule has 0 bridgehead atoms. The lowest BCUT2D eigenvalue weighted by atomic mass is 9.66. The summed E-state index contributed by atoms with van der Waals surface area (Å²) in [6.07, 6.45) is 3.64. The summed E-state index contributed by atoms with van der Waals surface area (Å²) in [5.41, 5.74) is 9.44. The molecule has 1 aliphatic carbocycles. The van der Waals surface area contributed by atoms with Crippen molar-refractivity contribution in [3.05, 3.63) is 42.1 Å². The summed E-state index contributed by atoms with van der Waals surface area (Å²) in [6.45, 7) is 0.712. The number of benzene rings is 1. The number of aromatic amines is 1. The highest BCUT2D eigenvalue weighted by Crippen LogP contribution is 2.42. The lowest BCUT2D eigenvalue weighted by Crippen LogP contribution is -2.41. The lowest BCUT2D eigenvalue weighted by Gasteiger charge is -2.39. The van der Waals surface area contributed by atoms with Crippen LogP contribution in [0.4, 0.5) is 0 Å². The maximum absolute atomic E-state index is 5.90. The van der Waals surface area contributed by atoms with Gasteiger partial charge in [0.1, 0.15) is 0 Å². The Morgan fingerprint density at radius 3 is 2.59 bits per heavy atom. The molecule has 0 spiro atoms. The normalized spacial score (nSPS) is 17.7. The van der Waals surface area contributed by atoms with E-state index >= 15 is 0 Å². The third-order valence-corrected chi connectivity index (χ3v) is 3.92. The quantitative estimate of drug-likeness (QED) is 0.846. The molecule has 1 aromatic heterocycles. The van der Waals surface area contributed by atoms with E-state index in [1.807, 2.05) is 18.2 Å². The van der Waals surface area contributed by atoms with Crippen LogP contribution in [0.5, 0.6) is 0 Å². The minimum absolute atomic E-state index is 0.167. The lowest BCUT2D eigenvalue weighted by molar-refractivity contribution is 0.245. The Morgan fingerprint density at radius 2 is 2.00 bits per heavy atom. The molecule has 1 saturated carbocycles. The highest BCUT2D eigenvalue weighted by molar-refractivity contribution is 5.59.